The predicted octanol–water partition coefficient (Wildman–Crippen LogP) is 1.97. The zero-order chi connectivity index (χ0) is 28.2. The number of rotatable bonds is 13. The first-order valence-electron chi connectivity index (χ1n) is 13.9. The average Bonchev–Trinajstić information content (AvgIpc) is 2.94. The first-order chi connectivity index (χ1) is 18.7. The molecule has 0 bridgehead atoms. The Kier molecular flexibility index (Phi) is 12.0. The standard InChI is InChI=1S/C28H42N4O7/c1-19(2)18-38-39-23-8-6-21(7-9-23)27(35)31-24(28(36)37)16-30-26(34)22-4-3-15-32(17-22)25(33)10-5-20-11-13-29-14-12-20/h6-9,19-20,22,24,29H,3-5,10-18H2,1-2H3,(H,30,34)(H,31,35)(H,36,37)/t22-,24+/m1/s1. The van der Waals surface area contributed by atoms with Gasteiger partial charge in [-0.05, 0) is 81.3 Å². The van der Waals surface area contributed by atoms with Gasteiger partial charge in [-0.3, -0.25) is 14.4 Å². The normalized spacial score (nSPS) is 18.8. The summed E-state index contributed by atoms with van der Waals surface area (Å²) in [6, 6.07) is 4.79. The van der Waals surface area contributed by atoms with Gasteiger partial charge in [0.15, 0.2) is 5.75 Å². The average molecular weight is 547 g/mol. The summed E-state index contributed by atoms with van der Waals surface area (Å²) in [6.07, 6.45) is 4.89. The quantitative estimate of drug-likeness (QED) is 0.217. The van der Waals surface area contributed by atoms with Crippen molar-refractivity contribution in [3.63, 3.8) is 0 Å². The van der Waals surface area contributed by atoms with Crippen LogP contribution in [0.1, 0.15) is 62.7 Å². The van der Waals surface area contributed by atoms with E-state index >= 15 is 0 Å². The molecule has 216 valence electrons. The number of hydrogen-bond donors (Lipinski definition) is 4. The minimum Gasteiger partial charge on any atom is -0.480 e. The number of carboxylic acids is 1. The highest BCUT2D eigenvalue weighted by Crippen LogP contribution is 2.21. The summed E-state index contributed by atoms with van der Waals surface area (Å²) in [7, 11) is 0. The van der Waals surface area contributed by atoms with Gasteiger partial charge in [0.2, 0.25) is 11.8 Å². The number of carbonyl (C=O) groups is 4. The second kappa shape index (κ2) is 15.4. The molecule has 0 unspecified atom stereocenters. The highest BCUT2D eigenvalue weighted by Gasteiger charge is 2.30. The maximum atomic E-state index is 12.8. The smallest absolute Gasteiger partial charge is 0.328 e. The van der Waals surface area contributed by atoms with E-state index in [0.717, 1.165) is 38.8 Å². The fourth-order valence-electron chi connectivity index (χ4n) is 4.76. The Balaban J connectivity index is 1.44. The van der Waals surface area contributed by atoms with E-state index in [2.05, 4.69) is 16.0 Å². The number of aliphatic carboxylic acids is 1. The minimum atomic E-state index is -1.31. The molecule has 0 spiro atoms. The first kappa shape index (κ1) is 30.4. The van der Waals surface area contributed by atoms with Crippen molar-refractivity contribution in [1.29, 1.82) is 0 Å². The Labute approximate surface area is 229 Å². The molecule has 0 aliphatic carbocycles. The van der Waals surface area contributed by atoms with Gasteiger partial charge in [-0.1, -0.05) is 13.8 Å². The van der Waals surface area contributed by atoms with Crippen LogP contribution in [0.3, 0.4) is 0 Å². The van der Waals surface area contributed by atoms with Crippen molar-refractivity contribution in [1.82, 2.24) is 20.9 Å². The highest BCUT2D eigenvalue weighted by atomic mass is 17.2. The molecule has 39 heavy (non-hydrogen) atoms. The molecule has 1 aromatic carbocycles. The molecule has 2 fully saturated rings. The van der Waals surface area contributed by atoms with Crippen molar-refractivity contribution in [3.8, 4) is 5.75 Å². The second-order valence-corrected chi connectivity index (χ2v) is 10.8. The lowest BCUT2D eigenvalue weighted by molar-refractivity contribution is -0.214. The maximum Gasteiger partial charge on any atom is 0.328 e. The van der Waals surface area contributed by atoms with E-state index in [9.17, 15) is 24.3 Å². The summed E-state index contributed by atoms with van der Waals surface area (Å²) < 4.78 is 0. The topological polar surface area (TPSA) is 146 Å². The van der Waals surface area contributed by atoms with Crippen LogP contribution in [0.4, 0.5) is 0 Å². The van der Waals surface area contributed by atoms with Gasteiger partial charge in [0.05, 0.1) is 12.5 Å². The molecule has 2 atom stereocenters. The van der Waals surface area contributed by atoms with Gasteiger partial charge >= 0.3 is 5.97 Å². The maximum absolute atomic E-state index is 12.8. The van der Waals surface area contributed by atoms with Gasteiger partial charge < -0.3 is 30.8 Å². The van der Waals surface area contributed by atoms with Gasteiger partial charge in [-0.15, -0.1) is 0 Å². The summed E-state index contributed by atoms with van der Waals surface area (Å²) in [5.41, 5.74) is 0.245. The number of nitrogens with zero attached hydrogens (tertiary/aromatic N) is 1. The molecule has 0 aromatic heterocycles. The molecule has 2 aliphatic heterocycles. The number of carbonyl (C=O) groups excluding carboxylic acids is 3. The van der Waals surface area contributed by atoms with Gasteiger partial charge in [0.25, 0.3) is 5.91 Å². The van der Waals surface area contributed by atoms with Crippen LogP contribution in [0.5, 0.6) is 5.75 Å². The number of piperidine rings is 2. The number of carboxylic acid groups (broad SMARTS) is 1. The van der Waals surface area contributed by atoms with Crippen molar-refractivity contribution in [2.24, 2.45) is 17.8 Å². The number of amides is 3. The van der Waals surface area contributed by atoms with E-state index in [0.29, 0.717) is 50.1 Å². The van der Waals surface area contributed by atoms with Gasteiger partial charge in [-0.25, -0.2) is 4.79 Å². The largest absolute Gasteiger partial charge is 0.480 e. The van der Waals surface area contributed by atoms with Crippen LogP contribution in [0.25, 0.3) is 0 Å². The van der Waals surface area contributed by atoms with Crippen LogP contribution in [-0.2, 0) is 19.3 Å². The third-order valence-electron chi connectivity index (χ3n) is 7.13. The zero-order valence-corrected chi connectivity index (χ0v) is 22.9. The van der Waals surface area contributed by atoms with Crippen molar-refractivity contribution >= 4 is 23.7 Å². The van der Waals surface area contributed by atoms with E-state index in [1.165, 1.54) is 12.1 Å². The third kappa shape index (κ3) is 10.1. The SMILES string of the molecule is CC(C)COOc1ccc(C(=O)N[C@@H](CNC(=O)[C@@H]2CCCN(C(=O)CCC3CCNCC3)C2)C(=O)O)cc1. The Morgan fingerprint density at radius 3 is 2.49 bits per heavy atom. The van der Waals surface area contributed by atoms with Crippen LogP contribution in [0.15, 0.2) is 24.3 Å². The van der Waals surface area contributed by atoms with Crippen molar-refractivity contribution in [2.75, 3.05) is 39.3 Å². The first-order valence-corrected chi connectivity index (χ1v) is 13.9. The molecule has 2 saturated heterocycles. The molecular weight excluding hydrogens is 504 g/mol. The monoisotopic (exact) mass is 546 g/mol. The second-order valence-electron chi connectivity index (χ2n) is 10.8. The minimum absolute atomic E-state index is 0.0737. The van der Waals surface area contributed by atoms with Crippen LogP contribution in [0, 0.1) is 17.8 Å². The highest BCUT2D eigenvalue weighted by molar-refractivity contribution is 5.96. The van der Waals surface area contributed by atoms with Gasteiger partial charge in [0, 0.05) is 31.6 Å². The lowest BCUT2D eigenvalue weighted by atomic mass is 9.92. The summed E-state index contributed by atoms with van der Waals surface area (Å²) in [5.74, 6) is -1.20. The summed E-state index contributed by atoms with van der Waals surface area (Å²) >= 11 is 0. The number of likely N-dealkylation sites (tertiary alicyclic amines) is 1. The van der Waals surface area contributed by atoms with E-state index in [-0.39, 0.29) is 23.9 Å². The molecule has 3 rings (SSSR count). The van der Waals surface area contributed by atoms with Crippen LogP contribution >= 0.6 is 0 Å². The van der Waals surface area contributed by atoms with E-state index in [1.807, 2.05) is 13.8 Å². The summed E-state index contributed by atoms with van der Waals surface area (Å²) in [6.45, 7) is 7.09. The van der Waals surface area contributed by atoms with Crippen molar-refractivity contribution < 1.29 is 34.1 Å². The van der Waals surface area contributed by atoms with Crippen LogP contribution in [0.2, 0.25) is 0 Å². The number of hydrogen-bond acceptors (Lipinski definition) is 7. The van der Waals surface area contributed by atoms with Crippen LogP contribution < -0.4 is 20.8 Å². The molecule has 0 radical (unpaired) electrons. The summed E-state index contributed by atoms with van der Waals surface area (Å²) in [4.78, 5) is 62.0. The van der Waals surface area contributed by atoms with E-state index in [4.69, 9.17) is 9.78 Å². The lowest BCUT2D eigenvalue weighted by Gasteiger charge is -2.33. The van der Waals surface area contributed by atoms with Crippen molar-refractivity contribution in [3.05, 3.63) is 29.8 Å². The fraction of sp³-hybridized carbons (Fsp3) is 0.643. The lowest BCUT2D eigenvalue weighted by Crippen LogP contribution is -2.51. The van der Waals surface area contributed by atoms with Crippen molar-refractivity contribution in [2.45, 2.75) is 58.4 Å². The fourth-order valence-corrected chi connectivity index (χ4v) is 4.76. The van der Waals surface area contributed by atoms with Gasteiger partial charge in [0.1, 0.15) is 6.04 Å². The van der Waals surface area contributed by atoms with Crippen LogP contribution in [-0.4, -0.2) is 79.1 Å². The van der Waals surface area contributed by atoms with E-state index in [1.54, 1.807) is 17.0 Å². The Morgan fingerprint density at radius 2 is 1.82 bits per heavy atom. The molecule has 2 aliphatic rings. The zero-order valence-electron chi connectivity index (χ0n) is 22.9. The molecule has 11 nitrogen and oxygen atoms in total. The number of benzene rings is 1. The summed E-state index contributed by atoms with van der Waals surface area (Å²) in [5, 5.41) is 18.0. The molecule has 1 aromatic rings. The molecular formula is C28H42N4O7. The Bertz CT molecular complexity index is 963. The predicted molar refractivity (Wildman–Crippen MR) is 144 cm³/mol. The van der Waals surface area contributed by atoms with E-state index < -0.39 is 23.8 Å². The molecule has 11 heteroatoms. The Morgan fingerprint density at radius 1 is 1.10 bits per heavy atom. The molecule has 4 N–H and O–H groups in total. The Hall–Kier alpha value is -3.18. The molecule has 0 saturated carbocycles. The molecule has 3 amide bonds. The van der Waals surface area contributed by atoms with Gasteiger partial charge in [-0.2, -0.15) is 4.89 Å². The third-order valence-corrected chi connectivity index (χ3v) is 7.13. The number of nitrogens with one attached hydrogen (secondary N) is 3. The molecule has 2 heterocycles.